The predicted octanol–water partition coefficient (Wildman–Crippen LogP) is 2.50. The van der Waals surface area contributed by atoms with Crippen LogP contribution in [0.25, 0.3) is 0 Å². The van der Waals surface area contributed by atoms with Crippen LogP contribution in [0.15, 0.2) is 36.8 Å². The SMILES string of the molecule is CN1CCC(Cc2cnc(Nc3ccccn3)cn2)CC1. The Bertz CT molecular complexity index is 547. The van der Waals surface area contributed by atoms with E-state index in [1.165, 1.54) is 25.9 Å². The number of anilines is 2. The van der Waals surface area contributed by atoms with Crippen molar-refractivity contribution in [2.45, 2.75) is 19.3 Å². The third-order valence-electron chi connectivity index (χ3n) is 3.96. The maximum atomic E-state index is 4.52. The van der Waals surface area contributed by atoms with Gasteiger partial charge in [-0.3, -0.25) is 4.98 Å². The summed E-state index contributed by atoms with van der Waals surface area (Å²) in [6.45, 7) is 2.38. The molecule has 0 aromatic carbocycles. The van der Waals surface area contributed by atoms with E-state index < -0.39 is 0 Å². The van der Waals surface area contributed by atoms with Crippen LogP contribution in [0.5, 0.6) is 0 Å². The molecule has 1 saturated heterocycles. The topological polar surface area (TPSA) is 53.9 Å². The number of hydrogen-bond donors (Lipinski definition) is 1. The molecule has 2 aromatic rings. The molecule has 1 aliphatic rings. The summed E-state index contributed by atoms with van der Waals surface area (Å²) in [5.41, 5.74) is 1.08. The van der Waals surface area contributed by atoms with Gasteiger partial charge in [0.2, 0.25) is 0 Å². The molecule has 1 fully saturated rings. The zero-order valence-corrected chi connectivity index (χ0v) is 12.4. The molecule has 0 saturated carbocycles. The van der Waals surface area contributed by atoms with E-state index in [1.807, 2.05) is 24.4 Å². The summed E-state index contributed by atoms with van der Waals surface area (Å²) in [5.74, 6) is 2.26. The molecule has 0 spiro atoms. The molecule has 1 aliphatic heterocycles. The summed E-state index contributed by atoms with van der Waals surface area (Å²) in [6, 6.07) is 5.74. The molecule has 1 N–H and O–H groups in total. The van der Waals surface area contributed by atoms with Crippen molar-refractivity contribution in [3.05, 3.63) is 42.5 Å². The Balaban J connectivity index is 1.57. The smallest absolute Gasteiger partial charge is 0.150 e. The molecule has 2 aromatic heterocycles. The number of hydrogen-bond acceptors (Lipinski definition) is 5. The summed E-state index contributed by atoms with van der Waals surface area (Å²) in [7, 11) is 2.19. The van der Waals surface area contributed by atoms with Crippen LogP contribution in [-0.4, -0.2) is 40.0 Å². The standard InChI is InChI=1S/C16H21N5/c1-21-8-5-13(6-9-21)10-14-11-19-16(12-18-14)20-15-4-2-3-7-17-15/h2-4,7,11-13H,5-6,8-10H2,1H3,(H,17,19,20). The second-order valence-corrected chi connectivity index (χ2v) is 5.68. The molecule has 5 nitrogen and oxygen atoms in total. The summed E-state index contributed by atoms with van der Waals surface area (Å²) in [4.78, 5) is 15.6. The van der Waals surface area contributed by atoms with E-state index in [0.29, 0.717) is 0 Å². The fourth-order valence-corrected chi connectivity index (χ4v) is 2.65. The highest BCUT2D eigenvalue weighted by molar-refractivity contribution is 5.49. The van der Waals surface area contributed by atoms with Gasteiger partial charge in [0.25, 0.3) is 0 Å². The van der Waals surface area contributed by atoms with Crippen LogP contribution in [0.2, 0.25) is 0 Å². The summed E-state index contributed by atoms with van der Waals surface area (Å²) in [5, 5.41) is 3.15. The second kappa shape index (κ2) is 6.63. The first kappa shape index (κ1) is 13.9. The first-order valence-electron chi connectivity index (χ1n) is 7.47. The van der Waals surface area contributed by atoms with Crippen LogP contribution < -0.4 is 5.32 Å². The fourth-order valence-electron chi connectivity index (χ4n) is 2.65. The van der Waals surface area contributed by atoms with Gasteiger partial charge in [-0.15, -0.1) is 0 Å². The molecule has 3 heterocycles. The van der Waals surface area contributed by atoms with Crippen molar-refractivity contribution in [3.8, 4) is 0 Å². The minimum Gasteiger partial charge on any atom is -0.324 e. The van der Waals surface area contributed by atoms with Gasteiger partial charge in [0.15, 0.2) is 0 Å². The molecule has 0 unspecified atom stereocenters. The Morgan fingerprint density at radius 1 is 1.10 bits per heavy atom. The van der Waals surface area contributed by atoms with Gasteiger partial charge >= 0.3 is 0 Å². The summed E-state index contributed by atoms with van der Waals surface area (Å²) >= 11 is 0. The van der Waals surface area contributed by atoms with Crippen LogP contribution in [0.4, 0.5) is 11.6 Å². The van der Waals surface area contributed by atoms with Gasteiger partial charge in [-0.05, 0) is 57.5 Å². The number of likely N-dealkylation sites (tertiary alicyclic amines) is 1. The van der Waals surface area contributed by atoms with Gasteiger partial charge in [0, 0.05) is 6.20 Å². The minimum absolute atomic E-state index is 0.737. The van der Waals surface area contributed by atoms with E-state index in [1.54, 1.807) is 12.4 Å². The van der Waals surface area contributed by atoms with Gasteiger partial charge in [0.05, 0.1) is 18.1 Å². The molecule has 0 aliphatic carbocycles. The average Bonchev–Trinajstić information content (AvgIpc) is 2.53. The number of nitrogens with one attached hydrogen (secondary N) is 1. The van der Waals surface area contributed by atoms with Crippen molar-refractivity contribution in [1.82, 2.24) is 19.9 Å². The van der Waals surface area contributed by atoms with E-state index in [9.17, 15) is 0 Å². The molecule has 3 rings (SSSR count). The summed E-state index contributed by atoms with van der Waals surface area (Å²) < 4.78 is 0. The van der Waals surface area contributed by atoms with Crippen LogP contribution >= 0.6 is 0 Å². The first-order chi connectivity index (χ1) is 10.3. The maximum absolute atomic E-state index is 4.52. The van der Waals surface area contributed by atoms with Crippen LogP contribution in [0, 0.1) is 5.92 Å². The van der Waals surface area contributed by atoms with Gasteiger partial charge < -0.3 is 10.2 Å². The quantitative estimate of drug-likeness (QED) is 0.934. The lowest BCUT2D eigenvalue weighted by Gasteiger charge is -2.28. The van der Waals surface area contributed by atoms with Crippen molar-refractivity contribution in [2.24, 2.45) is 5.92 Å². The Kier molecular flexibility index (Phi) is 4.40. The average molecular weight is 283 g/mol. The van der Waals surface area contributed by atoms with Gasteiger partial charge in [0.1, 0.15) is 11.6 Å². The Morgan fingerprint density at radius 3 is 2.62 bits per heavy atom. The van der Waals surface area contributed by atoms with Crippen molar-refractivity contribution in [1.29, 1.82) is 0 Å². The van der Waals surface area contributed by atoms with Gasteiger partial charge in [-0.1, -0.05) is 6.07 Å². The highest BCUT2D eigenvalue weighted by atomic mass is 15.1. The fraction of sp³-hybridized carbons (Fsp3) is 0.438. The zero-order valence-electron chi connectivity index (χ0n) is 12.4. The van der Waals surface area contributed by atoms with E-state index in [4.69, 9.17) is 0 Å². The number of piperidine rings is 1. The molecule has 0 radical (unpaired) electrons. The van der Waals surface area contributed by atoms with E-state index >= 15 is 0 Å². The second-order valence-electron chi connectivity index (χ2n) is 5.68. The maximum Gasteiger partial charge on any atom is 0.150 e. The molecular formula is C16H21N5. The zero-order chi connectivity index (χ0) is 14.5. The van der Waals surface area contributed by atoms with Crippen molar-refractivity contribution >= 4 is 11.6 Å². The number of aromatic nitrogens is 3. The highest BCUT2D eigenvalue weighted by Gasteiger charge is 2.17. The largest absolute Gasteiger partial charge is 0.324 e. The Morgan fingerprint density at radius 2 is 1.95 bits per heavy atom. The Hall–Kier alpha value is -2.01. The molecular weight excluding hydrogens is 262 g/mol. The predicted molar refractivity (Wildman–Crippen MR) is 83.5 cm³/mol. The van der Waals surface area contributed by atoms with Crippen molar-refractivity contribution in [3.63, 3.8) is 0 Å². The van der Waals surface area contributed by atoms with E-state index in [-0.39, 0.29) is 0 Å². The Labute approximate surface area is 125 Å². The molecule has 110 valence electrons. The molecule has 0 atom stereocenters. The number of nitrogens with zero attached hydrogens (tertiary/aromatic N) is 4. The lowest BCUT2D eigenvalue weighted by atomic mass is 9.92. The highest BCUT2D eigenvalue weighted by Crippen LogP contribution is 2.20. The van der Waals surface area contributed by atoms with Crippen LogP contribution in [-0.2, 0) is 6.42 Å². The summed E-state index contributed by atoms with van der Waals surface area (Å²) in [6.07, 6.45) is 8.97. The molecule has 5 heteroatoms. The third kappa shape index (κ3) is 3.98. The van der Waals surface area contributed by atoms with Crippen molar-refractivity contribution in [2.75, 3.05) is 25.5 Å². The normalized spacial score (nSPS) is 16.8. The van der Waals surface area contributed by atoms with Crippen molar-refractivity contribution < 1.29 is 0 Å². The third-order valence-corrected chi connectivity index (χ3v) is 3.96. The molecule has 0 amide bonds. The van der Waals surface area contributed by atoms with Gasteiger partial charge in [-0.2, -0.15) is 0 Å². The minimum atomic E-state index is 0.737. The lowest BCUT2D eigenvalue weighted by molar-refractivity contribution is 0.218. The number of rotatable bonds is 4. The van der Waals surface area contributed by atoms with Gasteiger partial charge in [-0.25, -0.2) is 9.97 Å². The number of pyridine rings is 1. The van der Waals surface area contributed by atoms with Crippen LogP contribution in [0.1, 0.15) is 18.5 Å². The molecule has 0 bridgehead atoms. The van der Waals surface area contributed by atoms with E-state index in [2.05, 4.69) is 32.2 Å². The van der Waals surface area contributed by atoms with Crippen LogP contribution in [0.3, 0.4) is 0 Å². The lowest BCUT2D eigenvalue weighted by Crippen LogP contribution is -2.31. The monoisotopic (exact) mass is 283 g/mol. The molecule has 21 heavy (non-hydrogen) atoms. The van der Waals surface area contributed by atoms with E-state index in [0.717, 1.165) is 29.7 Å². The first-order valence-corrected chi connectivity index (χ1v) is 7.47.